The van der Waals surface area contributed by atoms with Crippen LogP contribution in [0.1, 0.15) is 34.6 Å². The summed E-state index contributed by atoms with van der Waals surface area (Å²) in [6.45, 7) is 3.23. The first-order chi connectivity index (χ1) is 16.4. The van der Waals surface area contributed by atoms with E-state index in [2.05, 4.69) is 10.6 Å². The average molecular weight is 465 g/mol. The molecule has 3 rings (SSSR count). The zero-order chi connectivity index (χ0) is 24.5. The molecule has 8 nitrogen and oxygen atoms in total. The van der Waals surface area contributed by atoms with Crippen molar-refractivity contribution in [3.63, 3.8) is 0 Å². The van der Waals surface area contributed by atoms with Gasteiger partial charge in [0, 0.05) is 34.6 Å². The minimum absolute atomic E-state index is 0.120. The van der Waals surface area contributed by atoms with Gasteiger partial charge in [-0.05, 0) is 56.3 Å². The minimum atomic E-state index is -0.379. The van der Waals surface area contributed by atoms with E-state index in [0.29, 0.717) is 34.0 Å². The van der Waals surface area contributed by atoms with Gasteiger partial charge in [0.2, 0.25) is 0 Å². The fraction of sp³-hybridized carbons (Fsp3) is 0.231. The Bertz CT molecular complexity index is 1050. The van der Waals surface area contributed by atoms with Crippen LogP contribution in [0.2, 0.25) is 0 Å². The summed E-state index contributed by atoms with van der Waals surface area (Å²) in [5.74, 6) is 0.282. The van der Waals surface area contributed by atoms with E-state index in [1.165, 1.54) is 6.07 Å². The standard InChI is InChI=1S/C26H28N2O6/c1-17(15-29)33-23-10-4-8-21(13-23)27-25(31)19-6-3-7-20(12-19)26(32)28-22-9-5-11-24(14-22)34-18(2)16-30/h3-14,17-18,29-30H,15-16H2,1-2H3,(H,27,31)(H,28,32). The lowest BCUT2D eigenvalue weighted by atomic mass is 10.1. The number of carbonyl (C=O) groups excluding carboxylic acids is 2. The summed E-state index contributed by atoms with van der Waals surface area (Å²) in [5.41, 5.74) is 1.68. The Morgan fingerprint density at radius 2 is 1.12 bits per heavy atom. The topological polar surface area (TPSA) is 117 Å². The first kappa shape index (κ1) is 24.8. The highest BCUT2D eigenvalue weighted by atomic mass is 16.5. The molecule has 178 valence electrons. The monoisotopic (exact) mass is 464 g/mol. The number of amides is 2. The summed E-state index contributed by atoms with van der Waals surface area (Å²) in [5, 5.41) is 23.9. The molecule has 2 atom stereocenters. The van der Waals surface area contributed by atoms with Gasteiger partial charge in [-0.25, -0.2) is 0 Å². The number of rotatable bonds is 10. The van der Waals surface area contributed by atoms with Crippen molar-refractivity contribution >= 4 is 23.2 Å². The number of carbonyl (C=O) groups is 2. The number of anilines is 2. The van der Waals surface area contributed by atoms with E-state index >= 15 is 0 Å². The van der Waals surface area contributed by atoms with Crippen LogP contribution in [0.4, 0.5) is 11.4 Å². The second kappa shape index (κ2) is 11.8. The Morgan fingerprint density at radius 1 is 0.706 bits per heavy atom. The van der Waals surface area contributed by atoms with Gasteiger partial charge in [-0.3, -0.25) is 9.59 Å². The first-order valence-corrected chi connectivity index (χ1v) is 10.9. The maximum atomic E-state index is 12.8. The molecule has 34 heavy (non-hydrogen) atoms. The molecule has 3 aromatic carbocycles. The summed E-state index contributed by atoms with van der Waals surface area (Å²) in [4.78, 5) is 25.5. The number of aliphatic hydroxyl groups is 2. The predicted molar refractivity (Wildman–Crippen MR) is 130 cm³/mol. The number of benzene rings is 3. The minimum Gasteiger partial charge on any atom is -0.488 e. The fourth-order valence-electron chi connectivity index (χ4n) is 3.04. The average Bonchev–Trinajstić information content (AvgIpc) is 2.84. The number of aliphatic hydroxyl groups excluding tert-OH is 2. The third-order valence-corrected chi connectivity index (χ3v) is 4.76. The van der Waals surface area contributed by atoms with Crippen LogP contribution in [0.15, 0.2) is 72.8 Å². The zero-order valence-corrected chi connectivity index (χ0v) is 19.0. The van der Waals surface area contributed by atoms with Gasteiger partial charge in [0.15, 0.2) is 0 Å². The summed E-state index contributed by atoms with van der Waals surface area (Å²) in [7, 11) is 0. The highest BCUT2D eigenvalue weighted by Gasteiger charge is 2.13. The maximum Gasteiger partial charge on any atom is 0.255 e. The molecule has 0 spiro atoms. The molecule has 8 heteroatoms. The largest absolute Gasteiger partial charge is 0.488 e. The second-order valence-electron chi connectivity index (χ2n) is 7.77. The van der Waals surface area contributed by atoms with Crippen molar-refractivity contribution in [1.29, 1.82) is 0 Å². The summed E-state index contributed by atoms with van der Waals surface area (Å²) >= 11 is 0. The molecular formula is C26H28N2O6. The van der Waals surface area contributed by atoms with E-state index in [1.54, 1.807) is 80.6 Å². The second-order valence-corrected chi connectivity index (χ2v) is 7.77. The van der Waals surface area contributed by atoms with E-state index in [-0.39, 0.29) is 37.2 Å². The van der Waals surface area contributed by atoms with Crippen LogP contribution >= 0.6 is 0 Å². The van der Waals surface area contributed by atoms with Crippen LogP contribution in [-0.2, 0) is 0 Å². The Morgan fingerprint density at radius 3 is 1.53 bits per heavy atom. The number of hydrogen-bond donors (Lipinski definition) is 4. The quantitative estimate of drug-likeness (QED) is 0.363. The molecule has 4 N–H and O–H groups in total. The van der Waals surface area contributed by atoms with Crippen LogP contribution in [0, 0.1) is 0 Å². The Kier molecular flexibility index (Phi) is 8.61. The van der Waals surface area contributed by atoms with E-state index in [0.717, 1.165) is 0 Å². The van der Waals surface area contributed by atoms with Gasteiger partial charge in [0.25, 0.3) is 11.8 Å². The van der Waals surface area contributed by atoms with Crippen molar-refractivity contribution in [2.45, 2.75) is 26.1 Å². The van der Waals surface area contributed by atoms with Crippen molar-refractivity contribution < 1.29 is 29.3 Å². The van der Waals surface area contributed by atoms with Crippen LogP contribution in [-0.4, -0.2) is 47.4 Å². The molecule has 0 radical (unpaired) electrons. The van der Waals surface area contributed by atoms with E-state index in [9.17, 15) is 9.59 Å². The molecule has 2 amide bonds. The first-order valence-electron chi connectivity index (χ1n) is 10.9. The van der Waals surface area contributed by atoms with Crippen molar-refractivity contribution in [1.82, 2.24) is 0 Å². The molecule has 0 aliphatic rings. The van der Waals surface area contributed by atoms with Crippen molar-refractivity contribution in [3.8, 4) is 11.5 Å². The smallest absolute Gasteiger partial charge is 0.255 e. The molecule has 0 saturated carbocycles. The van der Waals surface area contributed by atoms with Gasteiger partial charge in [-0.2, -0.15) is 0 Å². The summed E-state index contributed by atoms with van der Waals surface area (Å²) in [6.07, 6.45) is -0.738. The van der Waals surface area contributed by atoms with Gasteiger partial charge in [-0.1, -0.05) is 18.2 Å². The molecule has 0 fully saturated rings. The summed E-state index contributed by atoms with van der Waals surface area (Å²) < 4.78 is 11.1. The van der Waals surface area contributed by atoms with Crippen LogP contribution in [0.25, 0.3) is 0 Å². The Balaban J connectivity index is 1.67. The zero-order valence-electron chi connectivity index (χ0n) is 19.0. The number of nitrogens with one attached hydrogen (secondary N) is 2. The van der Waals surface area contributed by atoms with Crippen molar-refractivity contribution in [3.05, 3.63) is 83.9 Å². The van der Waals surface area contributed by atoms with Gasteiger partial charge < -0.3 is 30.3 Å². The van der Waals surface area contributed by atoms with Gasteiger partial charge >= 0.3 is 0 Å². The molecule has 0 aliphatic carbocycles. The lowest BCUT2D eigenvalue weighted by Gasteiger charge is -2.14. The molecule has 2 unspecified atom stereocenters. The third kappa shape index (κ3) is 7.06. The lowest BCUT2D eigenvalue weighted by molar-refractivity contribution is 0.102. The van der Waals surface area contributed by atoms with E-state index < -0.39 is 0 Å². The number of ether oxygens (including phenoxy) is 2. The summed E-state index contributed by atoms with van der Waals surface area (Å²) in [6, 6.07) is 20.1. The van der Waals surface area contributed by atoms with Crippen LogP contribution < -0.4 is 20.1 Å². The fourth-order valence-corrected chi connectivity index (χ4v) is 3.04. The van der Waals surface area contributed by atoms with Gasteiger partial charge in [0.1, 0.15) is 23.7 Å². The maximum absolute atomic E-state index is 12.8. The van der Waals surface area contributed by atoms with Crippen LogP contribution in [0.5, 0.6) is 11.5 Å². The SMILES string of the molecule is CC(CO)Oc1cccc(NC(=O)c2cccc(C(=O)Nc3cccc(OC(C)CO)c3)c2)c1. The normalized spacial score (nSPS) is 12.4. The van der Waals surface area contributed by atoms with Gasteiger partial charge in [-0.15, -0.1) is 0 Å². The molecule has 0 bridgehead atoms. The van der Waals surface area contributed by atoms with E-state index in [1.807, 2.05) is 0 Å². The molecule has 0 heterocycles. The highest BCUT2D eigenvalue weighted by Crippen LogP contribution is 2.21. The van der Waals surface area contributed by atoms with Crippen molar-refractivity contribution in [2.24, 2.45) is 0 Å². The number of hydrogen-bond acceptors (Lipinski definition) is 6. The third-order valence-electron chi connectivity index (χ3n) is 4.76. The molecule has 0 aliphatic heterocycles. The Hall–Kier alpha value is -3.88. The molecule has 0 saturated heterocycles. The van der Waals surface area contributed by atoms with Crippen molar-refractivity contribution in [2.75, 3.05) is 23.8 Å². The van der Waals surface area contributed by atoms with Crippen LogP contribution in [0.3, 0.4) is 0 Å². The van der Waals surface area contributed by atoms with E-state index in [4.69, 9.17) is 19.7 Å². The highest BCUT2D eigenvalue weighted by molar-refractivity contribution is 6.08. The molecular weight excluding hydrogens is 436 g/mol. The predicted octanol–water partition coefficient (Wildman–Crippen LogP) is 3.71. The molecule has 0 aromatic heterocycles. The van der Waals surface area contributed by atoms with Gasteiger partial charge in [0.05, 0.1) is 13.2 Å². The molecule has 3 aromatic rings. The Labute approximate surface area is 198 Å². The lowest BCUT2D eigenvalue weighted by Crippen LogP contribution is -2.17.